The largest absolute Gasteiger partial charge is 0.507 e. The Morgan fingerprint density at radius 2 is 1.96 bits per heavy atom. The van der Waals surface area contributed by atoms with Crippen molar-refractivity contribution in [1.82, 2.24) is 4.90 Å². The molecule has 0 radical (unpaired) electrons. The summed E-state index contributed by atoms with van der Waals surface area (Å²) in [7, 11) is 1.52. The predicted molar refractivity (Wildman–Crippen MR) is 89.6 cm³/mol. The van der Waals surface area contributed by atoms with Gasteiger partial charge in [0.25, 0.3) is 5.91 Å². The molecule has 0 unspecified atom stereocenters. The number of hydrogen-bond acceptors (Lipinski definition) is 3. The lowest BCUT2D eigenvalue weighted by Crippen LogP contribution is -2.34. The predicted octanol–water partition coefficient (Wildman–Crippen LogP) is 3.33. The zero-order valence-electron chi connectivity index (χ0n) is 13.0. The molecule has 1 N–H and O–H groups in total. The molecule has 0 aliphatic carbocycles. The van der Waals surface area contributed by atoms with Gasteiger partial charge in [-0.15, -0.1) is 0 Å². The van der Waals surface area contributed by atoms with E-state index in [0.717, 1.165) is 6.42 Å². The molecule has 2 aromatic carbocycles. The Morgan fingerprint density at radius 3 is 2.57 bits per heavy atom. The third-order valence-electron chi connectivity index (χ3n) is 4.08. The van der Waals surface area contributed by atoms with E-state index in [1.807, 2.05) is 18.2 Å². The fourth-order valence-electron chi connectivity index (χ4n) is 2.76. The van der Waals surface area contributed by atoms with Crippen molar-refractivity contribution >= 4 is 11.5 Å². The van der Waals surface area contributed by atoms with Crippen molar-refractivity contribution in [2.45, 2.75) is 6.42 Å². The molecule has 0 spiro atoms. The van der Waals surface area contributed by atoms with Crippen LogP contribution in [0, 0.1) is 0 Å². The molecule has 0 bridgehead atoms. The van der Waals surface area contributed by atoms with E-state index >= 15 is 0 Å². The number of amides is 1. The number of phenolic OH excluding ortho intramolecular Hbond substituents is 1. The summed E-state index contributed by atoms with van der Waals surface area (Å²) in [6.07, 6.45) is 2.89. The molecule has 3 rings (SSSR count). The summed E-state index contributed by atoms with van der Waals surface area (Å²) in [5.74, 6) is 0.324. The molecule has 1 heterocycles. The molecule has 1 aliphatic rings. The summed E-state index contributed by atoms with van der Waals surface area (Å²) < 4.78 is 5.04. The van der Waals surface area contributed by atoms with E-state index in [4.69, 9.17) is 4.74 Å². The number of phenols is 1. The third kappa shape index (κ3) is 3.21. The molecule has 23 heavy (non-hydrogen) atoms. The van der Waals surface area contributed by atoms with Crippen molar-refractivity contribution in [2.75, 3.05) is 20.2 Å². The quantitative estimate of drug-likeness (QED) is 0.946. The summed E-state index contributed by atoms with van der Waals surface area (Å²) >= 11 is 0. The lowest BCUT2D eigenvalue weighted by molar-refractivity contribution is 0.0770. The Kier molecular flexibility index (Phi) is 4.33. The highest BCUT2D eigenvalue weighted by molar-refractivity contribution is 5.97. The van der Waals surface area contributed by atoms with Crippen LogP contribution in [0.1, 0.15) is 22.3 Å². The van der Waals surface area contributed by atoms with E-state index in [0.29, 0.717) is 24.4 Å². The zero-order valence-corrected chi connectivity index (χ0v) is 13.0. The molecule has 4 nitrogen and oxygen atoms in total. The number of hydrogen-bond donors (Lipinski definition) is 1. The van der Waals surface area contributed by atoms with E-state index in [1.54, 1.807) is 17.0 Å². The van der Waals surface area contributed by atoms with Crippen LogP contribution in [0.25, 0.3) is 5.57 Å². The molecular formula is C19H19NO3. The molecule has 1 aliphatic heterocycles. The number of aromatic hydroxyl groups is 1. The maximum Gasteiger partial charge on any atom is 0.257 e. The minimum Gasteiger partial charge on any atom is -0.507 e. The fraction of sp³-hybridized carbons (Fsp3) is 0.211. The van der Waals surface area contributed by atoms with Gasteiger partial charge in [-0.05, 0) is 29.7 Å². The second kappa shape index (κ2) is 6.57. The van der Waals surface area contributed by atoms with Gasteiger partial charge in [0.15, 0.2) is 0 Å². The number of carbonyl (C=O) groups is 1. The van der Waals surface area contributed by atoms with Gasteiger partial charge in [0.2, 0.25) is 0 Å². The smallest absolute Gasteiger partial charge is 0.257 e. The minimum absolute atomic E-state index is 0.0489. The molecule has 0 aromatic heterocycles. The normalized spacial score (nSPS) is 14.3. The van der Waals surface area contributed by atoms with Gasteiger partial charge in [-0.25, -0.2) is 0 Å². The summed E-state index contributed by atoms with van der Waals surface area (Å²) in [6.45, 7) is 1.19. The Balaban J connectivity index is 1.74. The van der Waals surface area contributed by atoms with Gasteiger partial charge >= 0.3 is 0 Å². The summed E-state index contributed by atoms with van der Waals surface area (Å²) in [5, 5.41) is 10.0. The SMILES string of the molecule is COc1ccc(C(=O)N2CC=C(c3ccccc3)CC2)c(O)c1. The molecule has 2 aromatic rings. The molecule has 1 amide bonds. The second-order valence-electron chi connectivity index (χ2n) is 5.48. The van der Waals surface area contributed by atoms with E-state index < -0.39 is 0 Å². The number of ether oxygens (including phenoxy) is 1. The van der Waals surface area contributed by atoms with Crippen LogP contribution in [0.15, 0.2) is 54.6 Å². The summed E-state index contributed by atoms with van der Waals surface area (Å²) in [5.41, 5.74) is 2.77. The Bertz CT molecular complexity index is 738. The molecule has 118 valence electrons. The fourth-order valence-corrected chi connectivity index (χ4v) is 2.76. The summed E-state index contributed by atoms with van der Waals surface area (Å²) in [4.78, 5) is 14.3. The van der Waals surface area contributed by atoms with E-state index in [-0.39, 0.29) is 11.7 Å². The van der Waals surface area contributed by atoms with Crippen LogP contribution >= 0.6 is 0 Å². The van der Waals surface area contributed by atoms with Crippen molar-refractivity contribution in [3.8, 4) is 11.5 Å². The second-order valence-corrected chi connectivity index (χ2v) is 5.48. The van der Waals surface area contributed by atoms with Crippen LogP contribution in [0.4, 0.5) is 0 Å². The van der Waals surface area contributed by atoms with Crippen molar-refractivity contribution in [2.24, 2.45) is 0 Å². The molecule has 0 saturated heterocycles. The number of rotatable bonds is 3. The molecule has 0 fully saturated rings. The lowest BCUT2D eigenvalue weighted by atomic mass is 9.99. The van der Waals surface area contributed by atoms with Crippen LogP contribution in [-0.4, -0.2) is 36.1 Å². The van der Waals surface area contributed by atoms with Gasteiger partial charge in [-0.1, -0.05) is 36.4 Å². The van der Waals surface area contributed by atoms with Crippen LogP contribution in [0.3, 0.4) is 0 Å². The number of carbonyl (C=O) groups excluding carboxylic acids is 1. The first kappa shape index (κ1) is 15.2. The zero-order chi connectivity index (χ0) is 16.2. The van der Waals surface area contributed by atoms with Gasteiger partial charge in [0, 0.05) is 19.2 Å². The van der Waals surface area contributed by atoms with E-state index in [1.165, 1.54) is 24.3 Å². The van der Waals surface area contributed by atoms with Gasteiger partial charge in [-0.2, -0.15) is 0 Å². The number of methoxy groups -OCH3 is 1. The van der Waals surface area contributed by atoms with Crippen LogP contribution in [0.5, 0.6) is 11.5 Å². The highest BCUT2D eigenvalue weighted by atomic mass is 16.5. The third-order valence-corrected chi connectivity index (χ3v) is 4.08. The highest BCUT2D eigenvalue weighted by Crippen LogP contribution is 2.27. The highest BCUT2D eigenvalue weighted by Gasteiger charge is 2.21. The first-order chi connectivity index (χ1) is 11.2. The Morgan fingerprint density at radius 1 is 1.17 bits per heavy atom. The Labute approximate surface area is 135 Å². The van der Waals surface area contributed by atoms with Crippen molar-refractivity contribution < 1.29 is 14.6 Å². The Hall–Kier alpha value is -2.75. The lowest BCUT2D eigenvalue weighted by Gasteiger charge is -2.27. The van der Waals surface area contributed by atoms with Gasteiger partial charge in [-0.3, -0.25) is 4.79 Å². The molecule has 0 atom stereocenters. The van der Waals surface area contributed by atoms with Crippen LogP contribution in [0.2, 0.25) is 0 Å². The van der Waals surface area contributed by atoms with Crippen LogP contribution in [-0.2, 0) is 0 Å². The number of benzene rings is 2. The minimum atomic E-state index is -0.159. The van der Waals surface area contributed by atoms with Crippen LogP contribution < -0.4 is 4.74 Å². The maximum absolute atomic E-state index is 12.6. The molecule has 0 saturated carbocycles. The molecular weight excluding hydrogens is 290 g/mol. The standard InChI is InChI=1S/C19H19NO3/c1-23-16-7-8-17(18(21)13-16)19(22)20-11-9-15(10-12-20)14-5-3-2-4-6-14/h2-9,13,21H,10-12H2,1H3. The van der Waals surface area contributed by atoms with Gasteiger partial charge in [0.1, 0.15) is 11.5 Å². The average molecular weight is 309 g/mol. The van der Waals surface area contributed by atoms with Gasteiger partial charge in [0.05, 0.1) is 12.7 Å². The summed E-state index contributed by atoms with van der Waals surface area (Å²) in [6, 6.07) is 14.9. The van der Waals surface area contributed by atoms with E-state index in [2.05, 4.69) is 18.2 Å². The average Bonchev–Trinajstić information content (AvgIpc) is 2.62. The first-order valence-corrected chi connectivity index (χ1v) is 7.60. The molecule has 4 heteroatoms. The van der Waals surface area contributed by atoms with Crippen molar-refractivity contribution in [1.29, 1.82) is 0 Å². The van der Waals surface area contributed by atoms with E-state index in [9.17, 15) is 9.90 Å². The van der Waals surface area contributed by atoms with Gasteiger partial charge < -0.3 is 14.7 Å². The van der Waals surface area contributed by atoms with Crippen molar-refractivity contribution in [3.05, 3.63) is 65.7 Å². The first-order valence-electron chi connectivity index (χ1n) is 7.60. The topological polar surface area (TPSA) is 49.8 Å². The maximum atomic E-state index is 12.6. The van der Waals surface area contributed by atoms with Crippen molar-refractivity contribution in [3.63, 3.8) is 0 Å². The monoisotopic (exact) mass is 309 g/mol. The number of nitrogens with zero attached hydrogens (tertiary/aromatic N) is 1.